The fourth-order valence-corrected chi connectivity index (χ4v) is 4.10. The van der Waals surface area contributed by atoms with Crippen LogP contribution < -0.4 is 16.4 Å². The van der Waals surface area contributed by atoms with Crippen LogP contribution in [0.15, 0.2) is 11.6 Å². The first-order chi connectivity index (χ1) is 15.9. The minimum atomic E-state index is -5.33. The highest BCUT2D eigenvalue weighted by atomic mass is 19.4. The fourth-order valence-electron chi connectivity index (χ4n) is 4.10. The summed E-state index contributed by atoms with van der Waals surface area (Å²) < 4.78 is 52.6. The van der Waals surface area contributed by atoms with Gasteiger partial charge in [-0.3, -0.25) is 15.1 Å². The highest BCUT2D eigenvalue weighted by Gasteiger charge is 2.45. The smallest absolute Gasteiger partial charge is 0.383 e. The summed E-state index contributed by atoms with van der Waals surface area (Å²) in [6.45, 7) is 3.04. The number of nitrogens with zero attached hydrogens (tertiary/aromatic N) is 1. The van der Waals surface area contributed by atoms with Crippen LogP contribution in [0.2, 0.25) is 0 Å². The quantitative estimate of drug-likeness (QED) is 0.118. The van der Waals surface area contributed by atoms with Gasteiger partial charge < -0.3 is 30.6 Å². The SMILES string of the molecule is COCCO[C@@H]1CCCN([C@@H]2C=C(C(=O)OC(=O)C(F)(F)F)C[C@H](NC(=N)N)[C@H]2NC(C)=O)C1. The zero-order chi connectivity index (χ0) is 25.5. The van der Waals surface area contributed by atoms with E-state index in [0.717, 1.165) is 12.8 Å². The van der Waals surface area contributed by atoms with E-state index in [1.807, 2.05) is 4.90 Å². The maximum absolute atomic E-state index is 12.6. The molecule has 0 aromatic carbocycles. The van der Waals surface area contributed by atoms with Gasteiger partial charge in [0.05, 0.1) is 37.4 Å². The number of nitrogens with two attached hydrogens (primary N) is 1. The average molecular weight is 493 g/mol. The monoisotopic (exact) mass is 493 g/mol. The van der Waals surface area contributed by atoms with Gasteiger partial charge in [0.1, 0.15) is 0 Å². The molecule has 0 radical (unpaired) electrons. The highest BCUT2D eigenvalue weighted by Crippen LogP contribution is 2.28. The molecular weight excluding hydrogens is 463 g/mol. The van der Waals surface area contributed by atoms with Crippen molar-refractivity contribution in [1.29, 1.82) is 5.41 Å². The summed E-state index contributed by atoms with van der Waals surface area (Å²) in [5.41, 5.74) is 5.26. The molecule has 192 valence electrons. The van der Waals surface area contributed by atoms with Crippen LogP contribution in [0.5, 0.6) is 0 Å². The molecule has 0 bridgehead atoms. The number of likely N-dealkylation sites (tertiary alicyclic amines) is 1. The van der Waals surface area contributed by atoms with Crippen LogP contribution in [-0.4, -0.2) is 92.5 Å². The number of rotatable bonds is 8. The lowest BCUT2D eigenvalue weighted by Gasteiger charge is -2.45. The molecule has 1 saturated heterocycles. The molecule has 1 aliphatic heterocycles. The van der Waals surface area contributed by atoms with Crippen LogP contribution in [0, 0.1) is 5.41 Å². The predicted octanol–water partition coefficient (Wildman–Crippen LogP) is -0.199. The van der Waals surface area contributed by atoms with E-state index in [0.29, 0.717) is 26.3 Å². The normalized spacial score (nSPS) is 25.7. The van der Waals surface area contributed by atoms with Crippen molar-refractivity contribution in [2.45, 2.75) is 56.6 Å². The average Bonchev–Trinajstić information content (AvgIpc) is 2.73. The first-order valence-corrected chi connectivity index (χ1v) is 10.7. The summed E-state index contributed by atoms with van der Waals surface area (Å²) >= 11 is 0. The molecule has 0 saturated carbocycles. The maximum atomic E-state index is 12.6. The van der Waals surface area contributed by atoms with E-state index in [4.69, 9.17) is 20.6 Å². The summed E-state index contributed by atoms with van der Waals surface area (Å²) in [6, 6.07) is -2.18. The number of carbonyl (C=O) groups excluding carboxylic acids is 3. The predicted molar refractivity (Wildman–Crippen MR) is 113 cm³/mol. The molecule has 14 heteroatoms. The third kappa shape index (κ3) is 7.95. The molecule has 0 aromatic rings. The van der Waals surface area contributed by atoms with Gasteiger partial charge in [0, 0.05) is 32.6 Å². The van der Waals surface area contributed by atoms with E-state index < -0.39 is 42.2 Å². The maximum Gasteiger partial charge on any atom is 0.491 e. The van der Waals surface area contributed by atoms with Gasteiger partial charge in [-0.2, -0.15) is 13.2 Å². The third-order valence-electron chi connectivity index (χ3n) is 5.48. The zero-order valence-corrected chi connectivity index (χ0v) is 18.9. The molecule has 2 rings (SSSR count). The van der Waals surface area contributed by atoms with Crippen molar-refractivity contribution >= 4 is 23.8 Å². The number of ether oxygens (including phenoxy) is 3. The second-order valence-electron chi connectivity index (χ2n) is 8.07. The topological polar surface area (TPSA) is 156 Å². The second-order valence-corrected chi connectivity index (χ2v) is 8.07. The summed E-state index contributed by atoms with van der Waals surface area (Å²) in [5.74, 6) is -4.92. The highest BCUT2D eigenvalue weighted by molar-refractivity contribution is 5.98. The van der Waals surface area contributed by atoms with Gasteiger partial charge in [-0.25, -0.2) is 9.59 Å². The number of esters is 2. The van der Waals surface area contributed by atoms with Crippen LogP contribution in [0.25, 0.3) is 0 Å². The summed E-state index contributed by atoms with van der Waals surface area (Å²) in [6.07, 6.45) is -2.84. The molecule has 0 unspecified atom stereocenters. The number of methoxy groups -OCH3 is 1. The molecule has 1 amide bonds. The first-order valence-electron chi connectivity index (χ1n) is 10.7. The molecule has 1 heterocycles. The van der Waals surface area contributed by atoms with Crippen molar-refractivity contribution in [3.05, 3.63) is 11.6 Å². The Hall–Kier alpha value is -2.71. The van der Waals surface area contributed by atoms with Gasteiger partial charge in [-0.05, 0) is 19.4 Å². The lowest BCUT2D eigenvalue weighted by atomic mass is 9.84. The van der Waals surface area contributed by atoms with Crippen molar-refractivity contribution in [2.75, 3.05) is 33.4 Å². The minimum Gasteiger partial charge on any atom is -0.383 e. The number of hydrogen-bond acceptors (Lipinski definition) is 8. The van der Waals surface area contributed by atoms with Gasteiger partial charge in [-0.1, -0.05) is 6.08 Å². The molecule has 1 aliphatic carbocycles. The van der Waals surface area contributed by atoms with E-state index in [9.17, 15) is 27.6 Å². The second kappa shape index (κ2) is 12.1. The number of alkyl halides is 3. The molecule has 5 N–H and O–H groups in total. The number of nitrogens with one attached hydrogen (secondary N) is 3. The fraction of sp³-hybridized carbons (Fsp3) is 0.700. The number of piperidine rings is 1. The number of amides is 1. The van der Waals surface area contributed by atoms with Gasteiger partial charge >= 0.3 is 18.1 Å². The molecule has 2 aliphatic rings. The lowest BCUT2D eigenvalue weighted by Crippen LogP contribution is -2.64. The Bertz CT molecular complexity index is 806. The van der Waals surface area contributed by atoms with E-state index in [1.165, 1.54) is 13.0 Å². The van der Waals surface area contributed by atoms with Crippen molar-refractivity contribution in [3.8, 4) is 0 Å². The molecule has 0 aromatic heterocycles. The Morgan fingerprint density at radius 1 is 1.26 bits per heavy atom. The van der Waals surface area contributed by atoms with Gasteiger partial charge in [-0.15, -0.1) is 0 Å². The standard InChI is InChI=1S/C20H30F3N5O6/c1-11(29)26-16-14(27-19(24)25)8-12(17(30)34-18(31)20(21,22)23)9-15(16)28-5-3-4-13(10-28)33-7-6-32-2/h9,13-16H,3-8,10H2,1-2H3,(H,26,29)(H4,24,25,27)/t13-,14+,15-,16-/m1/s1. The van der Waals surface area contributed by atoms with E-state index in [2.05, 4.69) is 15.4 Å². The Balaban J connectivity index is 2.34. The van der Waals surface area contributed by atoms with Crippen LogP contribution in [0.3, 0.4) is 0 Å². The number of guanidine groups is 1. The first kappa shape index (κ1) is 27.5. The Kier molecular flexibility index (Phi) is 9.82. The molecule has 4 atom stereocenters. The van der Waals surface area contributed by atoms with Crippen LogP contribution in [0.4, 0.5) is 13.2 Å². The molecular formula is C20H30F3N5O6. The Morgan fingerprint density at radius 3 is 2.56 bits per heavy atom. The van der Waals surface area contributed by atoms with Gasteiger partial charge in [0.25, 0.3) is 0 Å². The zero-order valence-electron chi connectivity index (χ0n) is 18.9. The van der Waals surface area contributed by atoms with E-state index in [1.54, 1.807) is 7.11 Å². The summed E-state index contributed by atoms with van der Waals surface area (Å²) in [5, 5.41) is 13.0. The molecule has 11 nitrogen and oxygen atoms in total. The van der Waals surface area contributed by atoms with Crippen LogP contribution in [-0.2, 0) is 28.6 Å². The molecule has 0 spiro atoms. The van der Waals surface area contributed by atoms with Crippen molar-refractivity contribution < 1.29 is 41.8 Å². The van der Waals surface area contributed by atoms with E-state index in [-0.39, 0.29) is 24.0 Å². The van der Waals surface area contributed by atoms with Crippen molar-refractivity contribution in [1.82, 2.24) is 15.5 Å². The van der Waals surface area contributed by atoms with Gasteiger partial charge in [0.2, 0.25) is 5.91 Å². The van der Waals surface area contributed by atoms with Crippen LogP contribution in [0.1, 0.15) is 26.2 Å². The minimum absolute atomic E-state index is 0.168. The van der Waals surface area contributed by atoms with Gasteiger partial charge in [0.15, 0.2) is 5.96 Å². The molecule has 34 heavy (non-hydrogen) atoms. The molecule has 1 fully saturated rings. The Labute approximate surface area is 194 Å². The summed E-state index contributed by atoms with van der Waals surface area (Å²) in [7, 11) is 1.55. The van der Waals surface area contributed by atoms with E-state index >= 15 is 0 Å². The third-order valence-corrected chi connectivity index (χ3v) is 5.48. The lowest BCUT2D eigenvalue weighted by molar-refractivity contribution is -0.200. The van der Waals surface area contributed by atoms with Crippen LogP contribution >= 0.6 is 0 Å². The Morgan fingerprint density at radius 2 is 1.97 bits per heavy atom. The number of hydrogen-bond donors (Lipinski definition) is 4. The summed E-state index contributed by atoms with van der Waals surface area (Å²) in [4.78, 5) is 37.4. The largest absolute Gasteiger partial charge is 0.491 e. The number of carbonyl (C=O) groups is 3. The van der Waals surface area contributed by atoms with Crippen molar-refractivity contribution in [2.24, 2.45) is 5.73 Å². The van der Waals surface area contributed by atoms with Crippen molar-refractivity contribution in [3.63, 3.8) is 0 Å². The number of halogens is 3.